The van der Waals surface area contributed by atoms with E-state index in [9.17, 15) is 18.0 Å². The molecule has 0 aliphatic carbocycles. The van der Waals surface area contributed by atoms with Gasteiger partial charge in [-0.05, 0) is 17.7 Å². The Balaban J connectivity index is 2.08. The number of thioether (sulfide) groups is 1. The van der Waals surface area contributed by atoms with Gasteiger partial charge in [0.15, 0.2) is 5.16 Å². The third-order valence-corrected chi connectivity index (χ3v) is 3.50. The molecule has 0 aliphatic heterocycles. The summed E-state index contributed by atoms with van der Waals surface area (Å²) in [6, 6.07) is 4.75. The minimum atomic E-state index is -4.36. The third-order valence-electron chi connectivity index (χ3n) is 2.54. The zero-order valence-corrected chi connectivity index (χ0v) is 11.4. The Hall–Kier alpha value is -2.03. The van der Waals surface area contributed by atoms with Crippen LogP contribution in [0.4, 0.5) is 13.2 Å². The molecule has 0 radical (unpaired) electrons. The topological polar surface area (TPSA) is 68.0 Å². The van der Waals surface area contributed by atoms with Crippen LogP contribution in [-0.2, 0) is 17.5 Å². The number of hydrogen-bond acceptors (Lipinski definition) is 4. The van der Waals surface area contributed by atoms with Crippen LogP contribution in [0.1, 0.15) is 11.1 Å². The van der Waals surface area contributed by atoms with E-state index in [1.807, 2.05) is 0 Å². The van der Waals surface area contributed by atoms with E-state index in [1.165, 1.54) is 18.5 Å². The molecule has 1 N–H and O–H groups in total. The molecule has 0 bridgehead atoms. The third kappa shape index (κ3) is 4.22. The fourth-order valence-corrected chi connectivity index (χ4v) is 2.22. The molecule has 1 aromatic carbocycles. The van der Waals surface area contributed by atoms with Crippen molar-refractivity contribution in [3.05, 3.63) is 41.7 Å². The predicted octanol–water partition coefficient (Wildman–Crippen LogP) is 2.52. The Kier molecular flexibility index (Phi) is 4.51. The molecule has 0 unspecified atom stereocenters. The predicted molar refractivity (Wildman–Crippen MR) is 68.9 cm³/mol. The van der Waals surface area contributed by atoms with E-state index in [0.29, 0.717) is 10.7 Å². The molecule has 9 heteroatoms. The highest BCUT2D eigenvalue weighted by atomic mass is 32.2. The molecule has 0 aliphatic rings. The number of aromatic nitrogens is 3. The Morgan fingerprint density at radius 3 is 2.52 bits per heavy atom. The number of halogens is 3. The summed E-state index contributed by atoms with van der Waals surface area (Å²) in [5.74, 6) is -1.14. The van der Waals surface area contributed by atoms with Crippen LogP contribution in [0, 0.1) is 0 Å². The molecule has 0 atom stereocenters. The minimum absolute atomic E-state index is 0.161. The van der Waals surface area contributed by atoms with E-state index >= 15 is 0 Å². The second kappa shape index (κ2) is 6.17. The van der Waals surface area contributed by atoms with E-state index in [4.69, 9.17) is 5.11 Å². The second-order valence-electron chi connectivity index (χ2n) is 4.12. The molecule has 1 aromatic heterocycles. The highest BCUT2D eigenvalue weighted by molar-refractivity contribution is 7.99. The lowest BCUT2D eigenvalue weighted by Gasteiger charge is -2.09. The Morgan fingerprint density at radius 2 is 1.95 bits per heavy atom. The van der Waals surface area contributed by atoms with Crippen molar-refractivity contribution in [2.75, 3.05) is 5.75 Å². The first-order valence-electron chi connectivity index (χ1n) is 5.75. The average Bonchev–Trinajstić information content (AvgIpc) is 2.83. The number of benzene rings is 1. The monoisotopic (exact) mass is 317 g/mol. The number of aliphatic carboxylic acids is 1. The normalized spacial score (nSPS) is 11.6. The quantitative estimate of drug-likeness (QED) is 0.858. The molecular formula is C12H10F3N3O2S. The average molecular weight is 317 g/mol. The van der Waals surface area contributed by atoms with Crippen molar-refractivity contribution >= 4 is 17.7 Å². The van der Waals surface area contributed by atoms with Crippen molar-refractivity contribution in [1.82, 2.24) is 14.8 Å². The van der Waals surface area contributed by atoms with Crippen LogP contribution >= 0.6 is 11.8 Å². The van der Waals surface area contributed by atoms with Gasteiger partial charge in [0.25, 0.3) is 0 Å². The molecule has 1 heterocycles. The maximum Gasteiger partial charge on any atom is 0.416 e. The van der Waals surface area contributed by atoms with Gasteiger partial charge in [-0.3, -0.25) is 4.79 Å². The van der Waals surface area contributed by atoms with Crippen LogP contribution in [0.5, 0.6) is 0 Å². The van der Waals surface area contributed by atoms with Gasteiger partial charge in [-0.1, -0.05) is 23.9 Å². The summed E-state index contributed by atoms with van der Waals surface area (Å²) in [7, 11) is 0. The van der Waals surface area contributed by atoms with Gasteiger partial charge in [0.05, 0.1) is 17.9 Å². The fraction of sp³-hybridized carbons (Fsp3) is 0.250. The van der Waals surface area contributed by atoms with E-state index < -0.39 is 17.7 Å². The van der Waals surface area contributed by atoms with E-state index in [1.54, 1.807) is 4.57 Å². The number of carboxylic acids is 1. The van der Waals surface area contributed by atoms with Crippen molar-refractivity contribution < 1.29 is 23.1 Å². The van der Waals surface area contributed by atoms with Crippen LogP contribution < -0.4 is 0 Å². The fourth-order valence-electron chi connectivity index (χ4n) is 1.59. The first kappa shape index (κ1) is 15.4. The zero-order valence-electron chi connectivity index (χ0n) is 10.5. The Morgan fingerprint density at radius 1 is 1.29 bits per heavy atom. The Bertz CT molecular complexity index is 625. The van der Waals surface area contributed by atoms with Gasteiger partial charge in [0.2, 0.25) is 0 Å². The first-order valence-corrected chi connectivity index (χ1v) is 6.73. The largest absolute Gasteiger partial charge is 0.481 e. The van der Waals surface area contributed by atoms with Gasteiger partial charge in [-0.15, -0.1) is 10.2 Å². The molecular weight excluding hydrogens is 307 g/mol. The maximum atomic E-state index is 12.5. The summed E-state index contributed by atoms with van der Waals surface area (Å²) >= 11 is 0.998. The van der Waals surface area contributed by atoms with Crippen molar-refractivity contribution in [3.8, 4) is 0 Å². The molecule has 2 rings (SSSR count). The highest BCUT2D eigenvalue weighted by Gasteiger charge is 2.29. The van der Waals surface area contributed by atoms with E-state index in [0.717, 1.165) is 23.9 Å². The number of carbonyl (C=O) groups is 1. The van der Waals surface area contributed by atoms with Gasteiger partial charge in [0, 0.05) is 0 Å². The van der Waals surface area contributed by atoms with Crippen molar-refractivity contribution in [2.45, 2.75) is 17.9 Å². The lowest BCUT2D eigenvalue weighted by Crippen LogP contribution is -2.06. The number of hydrogen-bond donors (Lipinski definition) is 1. The summed E-state index contributed by atoms with van der Waals surface area (Å²) < 4.78 is 38.9. The van der Waals surface area contributed by atoms with Crippen molar-refractivity contribution in [1.29, 1.82) is 0 Å². The van der Waals surface area contributed by atoms with Gasteiger partial charge in [-0.2, -0.15) is 13.2 Å². The molecule has 2 aromatic rings. The molecule has 0 saturated heterocycles. The lowest BCUT2D eigenvalue weighted by molar-refractivity contribution is -0.137. The second-order valence-corrected chi connectivity index (χ2v) is 5.06. The summed E-state index contributed by atoms with van der Waals surface area (Å²) in [5, 5.41) is 16.5. The standard InChI is InChI=1S/C12H10F3N3O2S/c13-12(14,15)9-3-1-8(2-4-9)5-18-7-16-17-11(18)21-6-10(19)20/h1-4,7H,5-6H2,(H,19,20). The van der Waals surface area contributed by atoms with Crippen LogP contribution in [-0.4, -0.2) is 31.6 Å². The van der Waals surface area contributed by atoms with Crippen molar-refractivity contribution in [2.24, 2.45) is 0 Å². The van der Waals surface area contributed by atoms with Crippen LogP contribution in [0.3, 0.4) is 0 Å². The van der Waals surface area contributed by atoms with Crippen molar-refractivity contribution in [3.63, 3.8) is 0 Å². The van der Waals surface area contributed by atoms with Gasteiger partial charge < -0.3 is 9.67 Å². The molecule has 21 heavy (non-hydrogen) atoms. The van der Waals surface area contributed by atoms with Crippen LogP contribution in [0.15, 0.2) is 35.7 Å². The molecule has 0 saturated carbocycles. The van der Waals surface area contributed by atoms with Crippen LogP contribution in [0.25, 0.3) is 0 Å². The summed E-state index contributed by atoms with van der Waals surface area (Å²) in [4.78, 5) is 10.5. The summed E-state index contributed by atoms with van der Waals surface area (Å²) in [6.07, 6.45) is -2.96. The molecule has 0 spiro atoms. The number of nitrogens with zero attached hydrogens (tertiary/aromatic N) is 3. The summed E-state index contributed by atoms with van der Waals surface area (Å²) in [5.41, 5.74) is -0.0737. The van der Waals surface area contributed by atoms with E-state index in [2.05, 4.69) is 10.2 Å². The molecule has 0 amide bonds. The zero-order chi connectivity index (χ0) is 15.5. The van der Waals surface area contributed by atoms with Gasteiger partial charge in [-0.25, -0.2) is 0 Å². The summed E-state index contributed by atoms with van der Waals surface area (Å²) in [6.45, 7) is 0.271. The first-order chi connectivity index (χ1) is 9.86. The van der Waals surface area contributed by atoms with Gasteiger partial charge >= 0.3 is 12.1 Å². The molecule has 112 valence electrons. The lowest BCUT2D eigenvalue weighted by atomic mass is 10.1. The van der Waals surface area contributed by atoms with E-state index in [-0.39, 0.29) is 12.3 Å². The molecule has 0 fully saturated rings. The van der Waals surface area contributed by atoms with Gasteiger partial charge in [0.1, 0.15) is 6.33 Å². The Labute approximate surface area is 121 Å². The minimum Gasteiger partial charge on any atom is -0.481 e. The molecule has 5 nitrogen and oxygen atoms in total. The highest BCUT2D eigenvalue weighted by Crippen LogP contribution is 2.29. The number of rotatable bonds is 5. The maximum absolute atomic E-state index is 12.5. The smallest absolute Gasteiger partial charge is 0.416 e. The number of alkyl halides is 3. The van der Waals surface area contributed by atoms with Crippen LogP contribution in [0.2, 0.25) is 0 Å². The number of carboxylic acid groups (broad SMARTS) is 1. The SMILES string of the molecule is O=C(O)CSc1nncn1Cc1ccc(C(F)(F)F)cc1.